The molecule has 2 heterocycles. The summed E-state index contributed by atoms with van der Waals surface area (Å²) in [5.74, 6) is 0.704. The van der Waals surface area contributed by atoms with Gasteiger partial charge in [-0.25, -0.2) is 0 Å². The number of piperazine rings is 1. The number of amides is 2. The van der Waals surface area contributed by atoms with E-state index in [9.17, 15) is 9.59 Å². The monoisotopic (exact) mass is 385 g/mol. The zero-order chi connectivity index (χ0) is 20.1. The molecule has 0 N–H and O–H groups in total. The molecule has 1 aromatic rings. The van der Waals surface area contributed by atoms with Gasteiger partial charge in [0.1, 0.15) is 0 Å². The Morgan fingerprint density at radius 2 is 1.75 bits per heavy atom. The van der Waals surface area contributed by atoms with E-state index in [2.05, 4.69) is 60.9 Å². The fourth-order valence-electron chi connectivity index (χ4n) is 4.49. The maximum Gasteiger partial charge on any atom is 0.223 e. The van der Waals surface area contributed by atoms with Gasteiger partial charge >= 0.3 is 0 Å². The number of carbonyl (C=O) groups is 2. The van der Waals surface area contributed by atoms with E-state index in [0.29, 0.717) is 18.2 Å². The van der Waals surface area contributed by atoms with E-state index in [1.165, 1.54) is 5.56 Å². The molecule has 0 bridgehead atoms. The van der Waals surface area contributed by atoms with Crippen LogP contribution in [0, 0.1) is 11.3 Å². The summed E-state index contributed by atoms with van der Waals surface area (Å²) in [6.45, 7) is 11.9. The van der Waals surface area contributed by atoms with Gasteiger partial charge < -0.3 is 9.80 Å². The first-order chi connectivity index (χ1) is 13.4. The van der Waals surface area contributed by atoms with Crippen LogP contribution in [0.2, 0.25) is 0 Å². The first kappa shape index (κ1) is 20.8. The van der Waals surface area contributed by atoms with Crippen molar-refractivity contribution >= 4 is 12.3 Å². The SMILES string of the molecule is CC(C)(C)[C@H]1CN(Cc2ccccc2)CCN1C(=O)CC1CCN(C=O)CC1. The molecule has 2 aliphatic heterocycles. The number of hydrogen-bond donors (Lipinski definition) is 0. The van der Waals surface area contributed by atoms with Gasteiger partial charge in [0, 0.05) is 51.7 Å². The summed E-state index contributed by atoms with van der Waals surface area (Å²) in [5.41, 5.74) is 1.38. The van der Waals surface area contributed by atoms with Crippen molar-refractivity contribution < 1.29 is 9.59 Å². The second-order valence-electron chi connectivity index (χ2n) is 9.48. The van der Waals surface area contributed by atoms with E-state index in [-0.39, 0.29) is 11.5 Å². The number of benzene rings is 1. The van der Waals surface area contributed by atoms with Gasteiger partial charge in [0.15, 0.2) is 0 Å². The van der Waals surface area contributed by atoms with Crippen LogP contribution in [0.1, 0.15) is 45.6 Å². The molecule has 1 atom stereocenters. The minimum atomic E-state index is 0.0475. The Labute approximate surface area is 169 Å². The lowest BCUT2D eigenvalue weighted by Crippen LogP contribution is -2.59. The molecule has 2 amide bonds. The van der Waals surface area contributed by atoms with Crippen molar-refractivity contribution in [1.82, 2.24) is 14.7 Å². The van der Waals surface area contributed by atoms with Crippen molar-refractivity contribution in [2.24, 2.45) is 11.3 Å². The maximum absolute atomic E-state index is 13.2. The second kappa shape index (κ2) is 9.08. The van der Waals surface area contributed by atoms with Crippen LogP contribution >= 0.6 is 0 Å². The van der Waals surface area contributed by atoms with Gasteiger partial charge in [0.2, 0.25) is 12.3 Å². The van der Waals surface area contributed by atoms with Crippen LogP contribution < -0.4 is 0 Å². The predicted molar refractivity (Wildman–Crippen MR) is 112 cm³/mol. The molecule has 0 aliphatic carbocycles. The van der Waals surface area contributed by atoms with E-state index in [1.54, 1.807) is 0 Å². The highest BCUT2D eigenvalue weighted by Gasteiger charge is 2.38. The Kier molecular flexibility index (Phi) is 6.76. The smallest absolute Gasteiger partial charge is 0.223 e. The molecule has 154 valence electrons. The number of rotatable bonds is 5. The Hall–Kier alpha value is -1.88. The first-order valence-electron chi connectivity index (χ1n) is 10.6. The lowest BCUT2D eigenvalue weighted by Gasteiger charge is -2.48. The average Bonchev–Trinajstić information content (AvgIpc) is 2.68. The van der Waals surface area contributed by atoms with Crippen LogP contribution in [0.15, 0.2) is 30.3 Å². The number of piperidine rings is 1. The second-order valence-corrected chi connectivity index (χ2v) is 9.48. The summed E-state index contributed by atoms with van der Waals surface area (Å²) in [6, 6.07) is 10.8. The van der Waals surface area contributed by atoms with Crippen molar-refractivity contribution in [3.63, 3.8) is 0 Å². The van der Waals surface area contributed by atoms with E-state index >= 15 is 0 Å². The molecule has 0 spiro atoms. The summed E-state index contributed by atoms with van der Waals surface area (Å²) in [5, 5.41) is 0. The van der Waals surface area contributed by atoms with Crippen LogP contribution in [0.3, 0.4) is 0 Å². The third-order valence-electron chi connectivity index (χ3n) is 6.29. The van der Waals surface area contributed by atoms with Crippen molar-refractivity contribution in [1.29, 1.82) is 0 Å². The molecule has 5 nitrogen and oxygen atoms in total. The molecule has 3 rings (SSSR count). The van der Waals surface area contributed by atoms with Crippen molar-refractivity contribution in [2.75, 3.05) is 32.7 Å². The Balaban J connectivity index is 1.60. The molecule has 0 saturated carbocycles. The molecule has 2 fully saturated rings. The van der Waals surface area contributed by atoms with E-state index in [1.807, 2.05) is 4.90 Å². The van der Waals surface area contributed by atoms with Crippen molar-refractivity contribution in [3.8, 4) is 0 Å². The van der Waals surface area contributed by atoms with Gasteiger partial charge in [-0.15, -0.1) is 0 Å². The molecule has 2 saturated heterocycles. The zero-order valence-electron chi connectivity index (χ0n) is 17.6. The molecular formula is C23H35N3O2. The van der Waals surface area contributed by atoms with Gasteiger partial charge in [-0.05, 0) is 29.7 Å². The topological polar surface area (TPSA) is 43.9 Å². The summed E-state index contributed by atoms with van der Waals surface area (Å²) in [6.07, 6.45) is 3.44. The molecule has 5 heteroatoms. The fraction of sp³-hybridized carbons (Fsp3) is 0.652. The van der Waals surface area contributed by atoms with Crippen molar-refractivity contribution in [3.05, 3.63) is 35.9 Å². The third kappa shape index (κ3) is 5.34. The normalized spacial score (nSPS) is 22.3. The van der Waals surface area contributed by atoms with E-state index in [4.69, 9.17) is 0 Å². The number of nitrogens with zero attached hydrogens (tertiary/aromatic N) is 3. The molecule has 2 aliphatic rings. The largest absolute Gasteiger partial charge is 0.345 e. The highest BCUT2D eigenvalue weighted by molar-refractivity contribution is 5.77. The maximum atomic E-state index is 13.2. The molecular weight excluding hydrogens is 350 g/mol. The summed E-state index contributed by atoms with van der Waals surface area (Å²) in [7, 11) is 0. The number of hydrogen-bond acceptors (Lipinski definition) is 3. The molecule has 28 heavy (non-hydrogen) atoms. The minimum Gasteiger partial charge on any atom is -0.345 e. The lowest BCUT2D eigenvalue weighted by atomic mass is 9.83. The minimum absolute atomic E-state index is 0.0475. The Morgan fingerprint density at radius 3 is 2.36 bits per heavy atom. The highest BCUT2D eigenvalue weighted by atomic mass is 16.2. The van der Waals surface area contributed by atoms with Gasteiger partial charge in [0.25, 0.3) is 0 Å². The lowest BCUT2D eigenvalue weighted by molar-refractivity contribution is -0.141. The standard InChI is InChI=1S/C23H35N3O2/c1-23(2,3)21-17-25(16-20-7-5-4-6-8-20)13-14-26(21)22(28)15-19-9-11-24(18-27)12-10-19/h4-8,18-19,21H,9-17H2,1-3H3/t21-/m1/s1. The quantitative estimate of drug-likeness (QED) is 0.732. The van der Waals surface area contributed by atoms with Gasteiger partial charge in [-0.2, -0.15) is 0 Å². The van der Waals surface area contributed by atoms with Crippen LogP contribution in [0.4, 0.5) is 0 Å². The summed E-state index contributed by atoms with van der Waals surface area (Å²) in [4.78, 5) is 30.5. The summed E-state index contributed by atoms with van der Waals surface area (Å²) >= 11 is 0. The molecule has 0 radical (unpaired) electrons. The van der Waals surface area contributed by atoms with Gasteiger partial charge in [0.05, 0.1) is 0 Å². The Bertz CT molecular complexity index is 648. The average molecular weight is 386 g/mol. The van der Waals surface area contributed by atoms with Crippen LogP contribution in [0.25, 0.3) is 0 Å². The van der Waals surface area contributed by atoms with Gasteiger partial charge in [-0.1, -0.05) is 51.1 Å². The van der Waals surface area contributed by atoms with Crippen LogP contribution in [-0.4, -0.2) is 65.8 Å². The number of likely N-dealkylation sites (tertiary alicyclic amines) is 1. The molecule has 1 aromatic carbocycles. The zero-order valence-corrected chi connectivity index (χ0v) is 17.6. The predicted octanol–water partition coefficient (Wildman–Crippen LogP) is 3.00. The summed E-state index contributed by atoms with van der Waals surface area (Å²) < 4.78 is 0. The Morgan fingerprint density at radius 1 is 1.07 bits per heavy atom. The third-order valence-corrected chi connectivity index (χ3v) is 6.29. The van der Waals surface area contributed by atoms with Crippen LogP contribution in [0.5, 0.6) is 0 Å². The fourth-order valence-corrected chi connectivity index (χ4v) is 4.49. The van der Waals surface area contributed by atoms with Gasteiger partial charge in [-0.3, -0.25) is 14.5 Å². The molecule has 0 aromatic heterocycles. The van der Waals surface area contributed by atoms with E-state index < -0.39 is 0 Å². The number of carbonyl (C=O) groups excluding carboxylic acids is 2. The van der Waals surface area contributed by atoms with Crippen LogP contribution in [-0.2, 0) is 16.1 Å². The molecule has 0 unspecified atom stereocenters. The first-order valence-corrected chi connectivity index (χ1v) is 10.6. The highest BCUT2D eigenvalue weighted by Crippen LogP contribution is 2.30. The van der Waals surface area contributed by atoms with E-state index in [0.717, 1.165) is 58.5 Å². The van der Waals surface area contributed by atoms with Crippen molar-refractivity contribution in [2.45, 2.75) is 52.6 Å².